The third-order valence-corrected chi connectivity index (χ3v) is 6.74. The van der Waals surface area contributed by atoms with Crippen LogP contribution >= 0.6 is 0 Å². The van der Waals surface area contributed by atoms with Crippen LogP contribution in [0.15, 0.2) is 17.0 Å². The highest BCUT2D eigenvalue weighted by molar-refractivity contribution is 7.89. The lowest BCUT2D eigenvalue weighted by atomic mass is 10.1. The van der Waals surface area contributed by atoms with Crippen LogP contribution in [0.2, 0.25) is 0 Å². The van der Waals surface area contributed by atoms with Crippen LogP contribution in [-0.2, 0) is 14.8 Å². The highest BCUT2D eigenvalue weighted by Crippen LogP contribution is 2.29. The summed E-state index contributed by atoms with van der Waals surface area (Å²) >= 11 is 0. The van der Waals surface area contributed by atoms with E-state index < -0.39 is 10.0 Å². The van der Waals surface area contributed by atoms with Crippen molar-refractivity contribution in [2.45, 2.75) is 39.0 Å². The summed E-state index contributed by atoms with van der Waals surface area (Å²) in [7, 11) is -2.00. The highest BCUT2D eigenvalue weighted by Gasteiger charge is 2.31. The van der Waals surface area contributed by atoms with Gasteiger partial charge in [-0.1, -0.05) is 13.8 Å². The minimum Gasteiger partial charge on any atom is -0.496 e. The molecule has 0 bridgehead atoms. The summed E-state index contributed by atoms with van der Waals surface area (Å²) in [5.41, 5.74) is 1.53. The number of methoxy groups -OCH3 is 1. The van der Waals surface area contributed by atoms with Crippen molar-refractivity contribution in [1.29, 1.82) is 0 Å². The van der Waals surface area contributed by atoms with E-state index >= 15 is 0 Å². The molecular formula is C18H28N2O4S. The second-order valence-corrected chi connectivity index (χ2v) is 8.81. The first-order chi connectivity index (χ1) is 11.7. The molecule has 7 heteroatoms. The van der Waals surface area contributed by atoms with Gasteiger partial charge in [-0.05, 0) is 43.0 Å². The summed E-state index contributed by atoms with van der Waals surface area (Å²) in [6.45, 7) is 9.22. The zero-order valence-corrected chi connectivity index (χ0v) is 16.5. The smallest absolute Gasteiger partial charge is 0.243 e. The molecule has 0 aliphatic carbocycles. The first-order valence-electron chi connectivity index (χ1n) is 8.60. The Hall–Kier alpha value is -1.60. The topological polar surface area (TPSA) is 66.9 Å². The molecule has 0 aromatic heterocycles. The van der Waals surface area contributed by atoms with Gasteiger partial charge < -0.3 is 9.64 Å². The van der Waals surface area contributed by atoms with Crippen LogP contribution in [0.1, 0.15) is 31.4 Å². The summed E-state index contributed by atoms with van der Waals surface area (Å²) in [6.07, 6.45) is 0.504. The molecule has 6 nitrogen and oxygen atoms in total. The van der Waals surface area contributed by atoms with Gasteiger partial charge in [0.15, 0.2) is 0 Å². The number of nitrogens with zero attached hydrogens (tertiary/aromatic N) is 2. The molecule has 1 heterocycles. The van der Waals surface area contributed by atoms with Crippen molar-refractivity contribution in [3.05, 3.63) is 23.3 Å². The lowest BCUT2D eigenvalue weighted by Crippen LogP contribution is -2.50. The number of carbonyl (C=O) groups is 1. The Kier molecular flexibility index (Phi) is 6.11. The molecule has 1 amide bonds. The molecule has 0 spiro atoms. The lowest BCUT2D eigenvalue weighted by molar-refractivity contribution is -0.133. The lowest BCUT2D eigenvalue weighted by Gasteiger charge is -2.34. The fraction of sp³-hybridized carbons (Fsp3) is 0.611. The number of ether oxygens (including phenoxy) is 1. The molecule has 140 valence electrons. The van der Waals surface area contributed by atoms with Gasteiger partial charge in [0.25, 0.3) is 0 Å². The van der Waals surface area contributed by atoms with E-state index in [4.69, 9.17) is 4.74 Å². The monoisotopic (exact) mass is 368 g/mol. The van der Waals surface area contributed by atoms with Crippen LogP contribution in [0.4, 0.5) is 0 Å². The Bertz CT molecular complexity index is 736. The van der Waals surface area contributed by atoms with Gasteiger partial charge in [-0.3, -0.25) is 4.79 Å². The van der Waals surface area contributed by atoms with E-state index in [0.29, 0.717) is 54.7 Å². The molecular weight excluding hydrogens is 340 g/mol. The third-order valence-electron chi connectivity index (χ3n) is 4.70. The zero-order chi connectivity index (χ0) is 18.8. The second kappa shape index (κ2) is 7.74. The van der Waals surface area contributed by atoms with Crippen LogP contribution in [0.3, 0.4) is 0 Å². The molecule has 0 unspecified atom stereocenters. The van der Waals surface area contributed by atoms with Crippen LogP contribution in [0.5, 0.6) is 5.75 Å². The average Bonchev–Trinajstić information content (AvgIpc) is 2.56. The van der Waals surface area contributed by atoms with Crippen LogP contribution in [-0.4, -0.2) is 56.8 Å². The van der Waals surface area contributed by atoms with Crippen LogP contribution < -0.4 is 4.74 Å². The molecule has 1 aromatic rings. The molecule has 1 saturated heterocycles. The fourth-order valence-electron chi connectivity index (χ4n) is 3.07. The number of amides is 1. The summed E-state index contributed by atoms with van der Waals surface area (Å²) in [5, 5.41) is 0. The van der Waals surface area contributed by atoms with Gasteiger partial charge in [-0.2, -0.15) is 4.31 Å². The minimum absolute atomic E-state index is 0.100. The minimum atomic E-state index is -3.57. The Labute approximate surface area is 150 Å². The summed E-state index contributed by atoms with van der Waals surface area (Å²) in [4.78, 5) is 14.2. The van der Waals surface area contributed by atoms with Crippen molar-refractivity contribution in [1.82, 2.24) is 9.21 Å². The van der Waals surface area contributed by atoms with Crippen molar-refractivity contribution in [2.75, 3.05) is 33.3 Å². The maximum atomic E-state index is 13.0. The van der Waals surface area contributed by atoms with Crippen LogP contribution in [0, 0.1) is 19.8 Å². The van der Waals surface area contributed by atoms with Gasteiger partial charge >= 0.3 is 0 Å². The van der Waals surface area contributed by atoms with Crippen molar-refractivity contribution < 1.29 is 17.9 Å². The molecule has 1 aliphatic heterocycles. The maximum Gasteiger partial charge on any atom is 0.243 e. The molecule has 1 fully saturated rings. The van der Waals surface area contributed by atoms with E-state index in [2.05, 4.69) is 0 Å². The maximum absolute atomic E-state index is 13.0. The highest BCUT2D eigenvalue weighted by atomic mass is 32.2. The zero-order valence-electron chi connectivity index (χ0n) is 15.7. The van der Waals surface area contributed by atoms with E-state index in [1.54, 1.807) is 31.1 Å². The Balaban J connectivity index is 2.15. The third kappa shape index (κ3) is 4.15. The van der Waals surface area contributed by atoms with Gasteiger partial charge in [0.05, 0.1) is 12.0 Å². The summed E-state index contributed by atoms with van der Waals surface area (Å²) < 4.78 is 32.7. The predicted molar refractivity (Wildman–Crippen MR) is 97.3 cm³/mol. The van der Waals surface area contributed by atoms with E-state index in [-0.39, 0.29) is 5.91 Å². The predicted octanol–water partition coefficient (Wildman–Crippen LogP) is 2.19. The molecule has 0 saturated carbocycles. The first-order valence-corrected chi connectivity index (χ1v) is 10.0. The van der Waals surface area contributed by atoms with E-state index in [1.807, 2.05) is 20.8 Å². The summed E-state index contributed by atoms with van der Waals surface area (Å²) in [5.74, 6) is 1.09. The van der Waals surface area contributed by atoms with Crippen molar-refractivity contribution in [3.8, 4) is 5.75 Å². The molecule has 25 heavy (non-hydrogen) atoms. The fourth-order valence-corrected chi connectivity index (χ4v) is 4.77. The van der Waals surface area contributed by atoms with Crippen molar-refractivity contribution >= 4 is 15.9 Å². The number of sulfonamides is 1. The van der Waals surface area contributed by atoms with Gasteiger partial charge in [0.1, 0.15) is 5.75 Å². The number of carbonyl (C=O) groups excluding carboxylic acids is 1. The normalized spacial score (nSPS) is 16.3. The first kappa shape index (κ1) is 19.7. The van der Waals surface area contributed by atoms with Crippen LogP contribution in [0.25, 0.3) is 0 Å². The molecule has 1 aromatic carbocycles. The average molecular weight is 368 g/mol. The van der Waals surface area contributed by atoms with Gasteiger partial charge in [-0.15, -0.1) is 0 Å². The SMILES string of the molecule is COc1ccc(S(=O)(=O)N2CCN(C(=O)CC(C)C)CC2)c(C)c1C. The molecule has 0 radical (unpaired) electrons. The molecule has 1 aliphatic rings. The second-order valence-electron chi connectivity index (χ2n) is 6.90. The Morgan fingerprint density at radius 1 is 1.12 bits per heavy atom. The van der Waals surface area contributed by atoms with Gasteiger partial charge in [-0.25, -0.2) is 8.42 Å². The van der Waals surface area contributed by atoms with Crippen molar-refractivity contribution in [3.63, 3.8) is 0 Å². The number of rotatable bonds is 5. The van der Waals surface area contributed by atoms with Crippen molar-refractivity contribution in [2.24, 2.45) is 5.92 Å². The summed E-state index contributed by atoms with van der Waals surface area (Å²) in [6, 6.07) is 3.30. The standard InChI is InChI=1S/C18H28N2O4S/c1-13(2)12-18(21)19-8-10-20(11-9-19)25(22,23)17-7-6-16(24-5)14(3)15(17)4/h6-7,13H,8-12H2,1-5H3. The van der Waals surface area contributed by atoms with E-state index in [9.17, 15) is 13.2 Å². The van der Waals surface area contributed by atoms with E-state index in [0.717, 1.165) is 5.56 Å². The largest absolute Gasteiger partial charge is 0.496 e. The Morgan fingerprint density at radius 3 is 2.24 bits per heavy atom. The number of piperazine rings is 1. The number of benzene rings is 1. The quantitative estimate of drug-likeness (QED) is 0.799. The molecule has 2 rings (SSSR count). The molecule has 0 N–H and O–H groups in total. The number of hydrogen-bond donors (Lipinski definition) is 0. The van der Waals surface area contributed by atoms with Gasteiger partial charge in [0.2, 0.25) is 15.9 Å². The Morgan fingerprint density at radius 2 is 1.72 bits per heavy atom. The van der Waals surface area contributed by atoms with Gasteiger partial charge in [0, 0.05) is 32.6 Å². The molecule has 0 atom stereocenters. The number of hydrogen-bond acceptors (Lipinski definition) is 4. The van der Waals surface area contributed by atoms with E-state index in [1.165, 1.54) is 4.31 Å².